The summed E-state index contributed by atoms with van der Waals surface area (Å²) < 4.78 is 23.1. The predicted molar refractivity (Wildman–Crippen MR) is 108 cm³/mol. The first kappa shape index (κ1) is 19.6. The molecule has 0 radical (unpaired) electrons. The molecule has 3 rings (SSSR count). The molecule has 1 fully saturated rings. The molecular weight excluding hydrogens is 358 g/mol. The third kappa shape index (κ3) is 5.42. The lowest BCUT2D eigenvalue weighted by Gasteiger charge is -2.23. The summed E-state index contributed by atoms with van der Waals surface area (Å²) in [6.07, 6.45) is 3.26. The molecule has 0 N–H and O–H groups in total. The number of amides is 1. The van der Waals surface area contributed by atoms with Crippen LogP contribution in [0.2, 0.25) is 0 Å². The van der Waals surface area contributed by atoms with Gasteiger partial charge >= 0.3 is 0 Å². The number of carbonyl (C=O) groups excluding carboxylic acids is 1. The molecule has 27 heavy (non-hydrogen) atoms. The van der Waals surface area contributed by atoms with Gasteiger partial charge in [-0.2, -0.15) is 0 Å². The number of nitrogens with zero attached hydrogens (tertiary/aromatic N) is 1. The zero-order chi connectivity index (χ0) is 19.6. The Balaban J connectivity index is 1.79. The van der Waals surface area contributed by atoms with Crippen molar-refractivity contribution in [2.75, 3.05) is 6.26 Å². The Morgan fingerprint density at radius 2 is 1.74 bits per heavy atom. The molecule has 0 saturated heterocycles. The summed E-state index contributed by atoms with van der Waals surface area (Å²) in [7, 11) is -3.13. The molecule has 5 heteroatoms. The second-order valence-electron chi connectivity index (χ2n) is 7.83. The van der Waals surface area contributed by atoms with E-state index < -0.39 is 9.84 Å². The summed E-state index contributed by atoms with van der Waals surface area (Å²) in [5, 5.41) is 0. The Morgan fingerprint density at radius 3 is 2.30 bits per heavy atom. The Labute approximate surface area is 162 Å². The summed E-state index contributed by atoms with van der Waals surface area (Å²) in [5.74, 6) is 0.410. The molecule has 2 aromatic rings. The fraction of sp³-hybridized carbons (Fsp3) is 0.409. The summed E-state index contributed by atoms with van der Waals surface area (Å²) in [6, 6.07) is 15.7. The van der Waals surface area contributed by atoms with E-state index >= 15 is 0 Å². The van der Waals surface area contributed by atoms with Gasteiger partial charge in [0.25, 0.3) is 5.91 Å². The fourth-order valence-corrected chi connectivity index (χ4v) is 4.01. The van der Waals surface area contributed by atoms with Crippen LogP contribution in [0.4, 0.5) is 0 Å². The standard InChI is InChI=1S/C22H27NO3S/c1-16(2)19-9-7-17(8-10-19)14-23(21-11-12-21)22(24)20-6-4-5-18(13-20)15-27(3,25)26/h4-10,13,16,21H,11-12,14-15H2,1-3H3. The van der Waals surface area contributed by atoms with Crippen LogP contribution in [0.5, 0.6) is 0 Å². The predicted octanol–water partition coefficient (Wildman–Crippen LogP) is 4.16. The normalized spacial score (nSPS) is 14.4. The molecule has 0 atom stereocenters. The summed E-state index contributed by atoms with van der Waals surface area (Å²) in [6.45, 7) is 4.91. The third-order valence-electron chi connectivity index (χ3n) is 4.85. The summed E-state index contributed by atoms with van der Waals surface area (Å²) >= 11 is 0. The van der Waals surface area contributed by atoms with E-state index in [1.165, 1.54) is 11.8 Å². The fourth-order valence-electron chi connectivity index (χ4n) is 3.22. The van der Waals surface area contributed by atoms with Crippen molar-refractivity contribution in [1.82, 2.24) is 4.90 Å². The van der Waals surface area contributed by atoms with Crippen molar-refractivity contribution in [2.45, 2.75) is 50.9 Å². The quantitative estimate of drug-likeness (QED) is 0.719. The van der Waals surface area contributed by atoms with Gasteiger partial charge in [0.2, 0.25) is 0 Å². The van der Waals surface area contributed by atoms with Gasteiger partial charge in [-0.05, 0) is 47.6 Å². The number of benzene rings is 2. The first-order valence-corrected chi connectivity index (χ1v) is 11.5. The highest BCUT2D eigenvalue weighted by atomic mass is 32.2. The molecule has 0 aromatic heterocycles. The smallest absolute Gasteiger partial charge is 0.254 e. The Morgan fingerprint density at radius 1 is 1.07 bits per heavy atom. The maximum absolute atomic E-state index is 13.1. The highest BCUT2D eigenvalue weighted by Crippen LogP contribution is 2.30. The van der Waals surface area contributed by atoms with Crippen LogP contribution in [0.15, 0.2) is 48.5 Å². The largest absolute Gasteiger partial charge is 0.331 e. The molecule has 144 valence electrons. The van der Waals surface area contributed by atoms with Gasteiger partial charge in [0.1, 0.15) is 0 Å². The van der Waals surface area contributed by atoms with Crippen molar-refractivity contribution >= 4 is 15.7 Å². The molecule has 0 spiro atoms. The van der Waals surface area contributed by atoms with Crippen molar-refractivity contribution < 1.29 is 13.2 Å². The van der Waals surface area contributed by atoms with Gasteiger partial charge in [-0.15, -0.1) is 0 Å². The molecule has 1 aliphatic carbocycles. The molecular formula is C22H27NO3S. The lowest BCUT2D eigenvalue weighted by Crippen LogP contribution is -2.32. The molecule has 1 aliphatic rings. The minimum absolute atomic E-state index is 0.0270. The van der Waals surface area contributed by atoms with Crippen LogP contribution in [-0.4, -0.2) is 31.5 Å². The number of rotatable bonds is 7. The van der Waals surface area contributed by atoms with Gasteiger partial charge in [-0.25, -0.2) is 8.42 Å². The van der Waals surface area contributed by atoms with Crippen LogP contribution in [0.3, 0.4) is 0 Å². The van der Waals surface area contributed by atoms with Gasteiger partial charge < -0.3 is 4.90 Å². The molecule has 0 unspecified atom stereocenters. The van der Waals surface area contributed by atoms with E-state index in [0.717, 1.165) is 18.4 Å². The van der Waals surface area contributed by atoms with E-state index in [9.17, 15) is 13.2 Å². The van der Waals surface area contributed by atoms with Gasteiger partial charge in [0.15, 0.2) is 9.84 Å². The van der Waals surface area contributed by atoms with Gasteiger partial charge in [-0.1, -0.05) is 50.2 Å². The highest BCUT2D eigenvalue weighted by Gasteiger charge is 2.33. The lowest BCUT2D eigenvalue weighted by atomic mass is 10.0. The van der Waals surface area contributed by atoms with Crippen LogP contribution >= 0.6 is 0 Å². The molecule has 1 saturated carbocycles. The van der Waals surface area contributed by atoms with Crippen LogP contribution in [-0.2, 0) is 22.1 Å². The van der Waals surface area contributed by atoms with Crippen molar-refractivity contribution in [2.24, 2.45) is 0 Å². The third-order valence-corrected chi connectivity index (χ3v) is 5.71. The van der Waals surface area contributed by atoms with Crippen molar-refractivity contribution in [3.63, 3.8) is 0 Å². The van der Waals surface area contributed by atoms with Crippen molar-refractivity contribution in [1.29, 1.82) is 0 Å². The average molecular weight is 386 g/mol. The number of hydrogen-bond donors (Lipinski definition) is 0. The highest BCUT2D eigenvalue weighted by molar-refractivity contribution is 7.89. The second-order valence-corrected chi connectivity index (χ2v) is 9.97. The molecule has 2 aromatic carbocycles. The summed E-state index contributed by atoms with van der Waals surface area (Å²) in [5.41, 5.74) is 3.62. The van der Waals surface area contributed by atoms with Crippen LogP contribution < -0.4 is 0 Å². The van der Waals surface area contributed by atoms with E-state index in [2.05, 4.69) is 38.1 Å². The van der Waals surface area contributed by atoms with E-state index in [0.29, 0.717) is 23.6 Å². The monoisotopic (exact) mass is 385 g/mol. The molecule has 1 amide bonds. The Hall–Kier alpha value is -2.14. The van der Waals surface area contributed by atoms with E-state index in [1.54, 1.807) is 24.3 Å². The zero-order valence-electron chi connectivity index (χ0n) is 16.2. The van der Waals surface area contributed by atoms with E-state index in [4.69, 9.17) is 0 Å². The molecule has 0 bridgehead atoms. The van der Waals surface area contributed by atoms with Crippen LogP contribution in [0.1, 0.15) is 59.7 Å². The van der Waals surface area contributed by atoms with Crippen molar-refractivity contribution in [3.05, 3.63) is 70.8 Å². The Bertz CT molecular complexity index is 913. The van der Waals surface area contributed by atoms with E-state index in [-0.39, 0.29) is 17.7 Å². The minimum Gasteiger partial charge on any atom is -0.331 e. The Kier molecular flexibility index (Phi) is 5.70. The zero-order valence-corrected chi connectivity index (χ0v) is 17.0. The molecule has 0 aliphatic heterocycles. The number of sulfone groups is 1. The van der Waals surface area contributed by atoms with Gasteiger partial charge in [0, 0.05) is 24.4 Å². The average Bonchev–Trinajstić information content (AvgIpc) is 3.43. The second kappa shape index (κ2) is 7.85. The molecule has 0 heterocycles. The van der Waals surface area contributed by atoms with Gasteiger partial charge in [0.05, 0.1) is 5.75 Å². The molecule has 4 nitrogen and oxygen atoms in total. The maximum Gasteiger partial charge on any atom is 0.254 e. The SMILES string of the molecule is CC(C)c1ccc(CN(C(=O)c2cccc(CS(C)(=O)=O)c2)C2CC2)cc1. The van der Waals surface area contributed by atoms with Crippen molar-refractivity contribution in [3.8, 4) is 0 Å². The van der Waals surface area contributed by atoms with Gasteiger partial charge in [-0.3, -0.25) is 4.79 Å². The topological polar surface area (TPSA) is 54.5 Å². The maximum atomic E-state index is 13.1. The van der Waals surface area contributed by atoms with Crippen LogP contribution in [0.25, 0.3) is 0 Å². The number of carbonyl (C=O) groups is 1. The minimum atomic E-state index is -3.13. The van der Waals surface area contributed by atoms with E-state index in [1.807, 2.05) is 4.90 Å². The first-order valence-electron chi connectivity index (χ1n) is 9.39. The van der Waals surface area contributed by atoms with Crippen LogP contribution in [0, 0.1) is 0 Å². The first-order chi connectivity index (χ1) is 12.7. The lowest BCUT2D eigenvalue weighted by molar-refractivity contribution is 0.0730. The summed E-state index contributed by atoms with van der Waals surface area (Å²) in [4.78, 5) is 15.0. The number of hydrogen-bond acceptors (Lipinski definition) is 3.